The van der Waals surface area contributed by atoms with E-state index in [0.717, 1.165) is 11.4 Å². The van der Waals surface area contributed by atoms with E-state index in [1.54, 1.807) is 0 Å². The van der Waals surface area contributed by atoms with Gasteiger partial charge in [0.05, 0.1) is 12.5 Å². The second-order valence-corrected chi connectivity index (χ2v) is 5.78. The lowest BCUT2D eigenvalue weighted by molar-refractivity contribution is -0.139. The summed E-state index contributed by atoms with van der Waals surface area (Å²) < 4.78 is 5.56. The highest BCUT2D eigenvalue weighted by Crippen LogP contribution is 2.22. The quantitative estimate of drug-likeness (QED) is 0.793. The number of carboxylic acids is 1. The van der Waals surface area contributed by atoms with Crippen LogP contribution in [-0.4, -0.2) is 23.7 Å². The molecule has 0 saturated heterocycles. The third kappa shape index (κ3) is 6.13. The van der Waals surface area contributed by atoms with Crippen molar-refractivity contribution < 1.29 is 14.6 Å². The Hall–Kier alpha value is -1.71. The normalized spacial score (nSPS) is 11.4. The first-order valence-electron chi connectivity index (χ1n) is 6.51. The van der Waals surface area contributed by atoms with Crippen molar-refractivity contribution in [3.8, 4) is 5.75 Å². The number of rotatable bonds is 7. The molecule has 0 aromatic heterocycles. The van der Waals surface area contributed by atoms with Crippen molar-refractivity contribution in [3.63, 3.8) is 0 Å². The van der Waals surface area contributed by atoms with E-state index < -0.39 is 5.97 Å². The van der Waals surface area contributed by atoms with Gasteiger partial charge in [-0.3, -0.25) is 4.79 Å². The number of nitrogens with one attached hydrogen (secondary N) is 1. The molecule has 1 rings (SSSR count). The average Bonchev–Trinajstić information content (AvgIpc) is 2.25. The third-order valence-electron chi connectivity index (χ3n) is 2.63. The number of benzene rings is 1. The molecular weight excluding hydrogens is 242 g/mol. The van der Waals surface area contributed by atoms with Gasteiger partial charge in [-0.2, -0.15) is 0 Å². The van der Waals surface area contributed by atoms with Crippen molar-refractivity contribution in [2.75, 3.05) is 11.9 Å². The van der Waals surface area contributed by atoms with Crippen molar-refractivity contribution in [1.29, 1.82) is 0 Å². The van der Waals surface area contributed by atoms with Gasteiger partial charge < -0.3 is 15.2 Å². The molecule has 19 heavy (non-hydrogen) atoms. The van der Waals surface area contributed by atoms with Crippen molar-refractivity contribution >= 4 is 11.7 Å². The van der Waals surface area contributed by atoms with Crippen LogP contribution in [0.25, 0.3) is 0 Å². The summed E-state index contributed by atoms with van der Waals surface area (Å²) >= 11 is 0. The summed E-state index contributed by atoms with van der Waals surface area (Å²) in [4.78, 5) is 10.7. The van der Waals surface area contributed by atoms with Crippen LogP contribution in [0.4, 0.5) is 5.69 Å². The van der Waals surface area contributed by atoms with Crippen LogP contribution in [0.2, 0.25) is 0 Å². The molecule has 4 nitrogen and oxygen atoms in total. The van der Waals surface area contributed by atoms with E-state index in [9.17, 15) is 4.79 Å². The summed E-state index contributed by atoms with van der Waals surface area (Å²) in [5.74, 6) is 0.0674. The zero-order valence-corrected chi connectivity index (χ0v) is 12.1. The molecule has 106 valence electrons. The van der Waals surface area contributed by atoms with Gasteiger partial charge in [-0.1, -0.05) is 13.8 Å². The summed E-state index contributed by atoms with van der Waals surface area (Å²) in [5, 5.41) is 12.1. The second-order valence-electron chi connectivity index (χ2n) is 5.78. The molecule has 0 radical (unpaired) electrons. The van der Waals surface area contributed by atoms with Crippen LogP contribution >= 0.6 is 0 Å². The fraction of sp³-hybridized carbons (Fsp3) is 0.533. The summed E-state index contributed by atoms with van der Waals surface area (Å²) in [6.07, 6.45) is 0.308. The van der Waals surface area contributed by atoms with Gasteiger partial charge in [-0.25, -0.2) is 0 Å². The highest BCUT2D eigenvalue weighted by Gasteiger charge is 2.21. The van der Waals surface area contributed by atoms with E-state index in [2.05, 4.69) is 5.32 Å². The molecule has 0 unspecified atom stereocenters. The van der Waals surface area contributed by atoms with Crippen molar-refractivity contribution in [1.82, 2.24) is 0 Å². The standard InChI is InChI=1S/C15H23NO3/c1-11(2)19-13-7-5-12(6-8-13)16-10-15(3,4)9-14(17)18/h5-8,11,16H,9-10H2,1-4H3,(H,17,18). The van der Waals surface area contributed by atoms with Gasteiger partial charge in [0, 0.05) is 12.2 Å². The first-order chi connectivity index (χ1) is 8.78. The van der Waals surface area contributed by atoms with Crippen molar-refractivity contribution in [2.24, 2.45) is 5.41 Å². The highest BCUT2D eigenvalue weighted by molar-refractivity contribution is 5.67. The van der Waals surface area contributed by atoms with Crippen LogP contribution in [0, 0.1) is 5.41 Å². The van der Waals surface area contributed by atoms with Crippen LogP contribution in [0.1, 0.15) is 34.1 Å². The van der Waals surface area contributed by atoms with Gasteiger partial charge in [-0.05, 0) is 43.5 Å². The molecule has 2 N–H and O–H groups in total. The SMILES string of the molecule is CC(C)Oc1ccc(NCC(C)(C)CC(=O)O)cc1. The van der Waals surface area contributed by atoms with Crippen LogP contribution < -0.4 is 10.1 Å². The molecule has 0 fully saturated rings. The minimum atomic E-state index is -0.771. The molecule has 0 bridgehead atoms. The topological polar surface area (TPSA) is 58.6 Å². The molecule has 1 aromatic rings. The van der Waals surface area contributed by atoms with Crippen molar-refractivity contribution in [2.45, 2.75) is 40.2 Å². The Kier molecular flexibility index (Phi) is 5.21. The Morgan fingerprint density at radius 2 is 1.89 bits per heavy atom. The number of carbonyl (C=O) groups is 1. The lowest BCUT2D eigenvalue weighted by Gasteiger charge is -2.23. The molecule has 0 atom stereocenters. The fourth-order valence-corrected chi connectivity index (χ4v) is 1.74. The smallest absolute Gasteiger partial charge is 0.303 e. The van der Waals surface area contributed by atoms with Crippen LogP contribution in [0.5, 0.6) is 5.75 Å². The highest BCUT2D eigenvalue weighted by atomic mass is 16.5. The Bertz CT molecular complexity index is 410. The first-order valence-corrected chi connectivity index (χ1v) is 6.51. The van der Waals surface area contributed by atoms with Crippen LogP contribution in [0.3, 0.4) is 0 Å². The van der Waals surface area contributed by atoms with Gasteiger partial charge in [0.25, 0.3) is 0 Å². The minimum Gasteiger partial charge on any atom is -0.491 e. The molecule has 0 spiro atoms. The Morgan fingerprint density at radius 1 is 1.32 bits per heavy atom. The lowest BCUT2D eigenvalue weighted by atomic mass is 9.89. The largest absolute Gasteiger partial charge is 0.491 e. The molecule has 0 aliphatic heterocycles. The molecule has 0 heterocycles. The molecule has 0 amide bonds. The fourth-order valence-electron chi connectivity index (χ4n) is 1.74. The number of aliphatic carboxylic acids is 1. The Balaban J connectivity index is 2.52. The number of ether oxygens (including phenoxy) is 1. The number of anilines is 1. The predicted molar refractivity (Wildman–Crippen MR) is 76.7 cm³/mol. The van der Waals surface area contributed by atoms with Crippen molar-refractivity contribution in [3.05, 3.63) is 24.3 Å². The maximum Gasteiger partial charge on any atom is 0.303 e. The van der Waals surface area contributed by atoms with Crippen LogP contribution in [-0.2, 0) is 4.79 Å². The monoisotopic (exact) mass is 265 g/mol. The lowest BCUT2D eigenvalue weighted by Crippen LogP contribution is -2.26. The van der Waals surface area contributed by atoms with E-state index in [4.69, 9.17) is 9.84 Å². The van der Waals surface area contributed by atoms with Gasteiger partial charge in [0.15, 0.2) is 0 Å². The Morgan fingerprint density at radius 3 is 2.37 bits per heavy atom. The summed E-state index contributed by atoms with van der Waals surface area (Å²) in [6, 6.07) is 7.70. The van der Waals surface area contributed by atoms with E-state index in [1.807, 2.05) is 52.0 Å². The van der Waals surface area contributed by atoms with Crippen LogP contribution in [0.15, 0.2) is 24.3 Å². The maximum atomic E-state index is 10.7. The Labute approximate surface area is 114 Å². The molecule has 0 aliphatic rings. The number of hydrogen-bond donors (Lipinski definition) is 2. The first kappa shape index (κ1) is 15.3. The minimum absolute atomic E-state index is 0.147. The number of hydrogen-bond acceptors (Lipinski definition) is 3. The van der Waals surface area contributed by atoms with E-state index in [1.165, 1.54) is 0 Å². The van der Waals surface area contributed by atoms with E-state index >= 15 is 0 Å². The summed E-state index contributed by atoms with van der Waals surface area (Å²) in [6.45, 7) is 8.46. The zero-order chi connectivity index (χ0) is 14.5. The zero-order valence-electron chi connectivity index (χ0n) is 12.1. The van der Waals surface area contributed by atoms with Gasteiger partial charge in [0.1, 0.15) is 5.75 Å². The maximum absolute atomic E-state index is 10.7. The second kappa shape index (κ2) is 6.45. The molecule has 4 heteroatoms. The molecule has 1 aromatic carbocycles. The average molecular weight is 265 g/mol. The van der Waals surface area contributed by atoms with E-state index in [0.29, 0.717) is 6.54 Å². The molecular formula is C15H23NO3. The summed E-state index contributed by atoms with van der Waals surface area (Å²) in [7, 11) is 0. The van der Waals surface area contributed by atoms with E-state index in [-0.39, 0.29) is 17.9 Å². The number of carboxylic acid groups (broad SMARTS) is 1. The molecule has 0 aliphatic carbocycles. The van der Waals surface area contributed by atoms with Gasteiger partial charge in [-0.15, -0.1) is 0 Å². The molecule has 0 saturated carbocycles. The van der Waals surface area contributed by atoms with Gasteiger partial charge in [0.2, 0.25) is 0 Å². The van der Waals surface area contributed by atoms with Gasteiger partial charge >= 0.3 is 5.97 Å². The third-order valence-corrected chi connectivity index (χ3v) is 2.63. The summed E-state index contributed by atoms with van der Waals surface area (Å²) in [5.41, 5.74) is 0.688. The predicted octanol–water partition coefficient (Wildman–Crippen LogP) is 3.39.